The number of halogens is 1. The second-order valence-corrected chi connectivity index (χ2v) is 6.08. The zero-order chi connectivity index (χ0) is 11.3. The average molecular weight is 275 g/mol. The van der Waals surface area contributed by atoms with E-state index in [0.29, 0.717) is 5.92 Å². The Hall–Kier alpha value is -0.820. The third kappa shape index (κ3) is 1.21. The lowest BCUT2D eigenvalue weighted by atomic mass is 9.75. The van der Waals surface area contributed by atoms with Crippen molar-refractivity contribution in [2.75, 3.05) is 0 Å². The van der Waals surface area contributed by atoms with E-state index in [2.05, 4.69) is 66.2 Å². The normalized spacial score (nSPS) is 24.9. The number of fused-ring (bicyclic) bond motifs is 3. The fourth-order valence-corrected chi connectivity index (χ4v) is 3.71. The largest absolute Gasteiger partial charge is 0.0839 e. The van der Waals surface area contributed by atoms with Crippen LogP contribution in [0.25, 0.3) is 5.57 Å². The van der Waals surface area contributed by atoms with E-state index in [0.717, 1.165) is 0 Å². The highest BCUT2D eigenvalue weighted by atomic mass is 79.9. The Morgan fingerprint density at radius 1 is 1.31 bits per heavy atom. The van der Waals surface area contributed by atoms with Gasteiger partial charge in [0.15, 0.2) is 0 Å². The molecule has 0 amide bonds. The van der Waals surface area contributed by atoms with Crippen molar-refractivity contribution in [2.24, 2.45) is 5.92 Å². The summed E-state index contributed by atoms with van der Waals surface area (Å²) in [4.78, 5) is 0. The lowest BCUT2D eigenvalue weighted by molar-refractivity contribution is 0.414. The third-order valence-corrected chi connectivity index (χ3v) is 4.69. The van der Waals surface area contributed by atoms with E-state index < -0.39 is 0 Å². The molecule has 0 nitrogen and oxygen atoms in total. The van der Waals surface area contributed by atoms with Gasteiger partial charge < -0.3 is 0 Å². The molecular weight excluding hydrogens is 260 g/mol. The van der Waals surface area contributed by atoms with Gasteiger partial charge in [-0.05, 0) is 40.5 Å². The Labute approximate surface area is 105 Å². The maximum absolute atomic E-state index is 3.70. The van der Waals surface area contributed by atoms with Gasteiger partial charge in [0.1, 0.15) is 0 Å². The van der Waals surface area contributed by atoms with Crippen LogP contribution < -0.4 is 0 Å². The predicted octanol–water partition coefficient (Wildman–Crippen LogP) is 4.70. The van der Waals surface area contributed by atoms with Crippen LogP contribution >= 0.6 is 15.9 Å². The van der Waals surface area contributed by atoms with Gasteiger partial charge in [0.05, 0.1) is 0 Å². The monoisotopic (exact) mass is 274 g/mol. The van der Waals surface area contributed by atoms with Crippen LogP contribution in [-0.4, -0.2) is 0 Å². The minimum atomic E-state index is 0.260. The van der Waals surface area contributed by atoms with Crippen molar-refractivity contribution < 1.29 is 0 Å². The van der Waals surface area contributed by atoms with E-state index in [-0.39, 0.29) is 5.41 Å². The Balaban J connectivity index is 2.32. The third-order valence-electron chi connectivity index (χ3n) is 4.03. The van der Waals surface area contributed by atoms with Gasteiger partial charge in [0, 0.05) is 4.47 Å². The van der Waals surface area contributed by atoms with Crippen LogP contribution in [0.1, 0.15) is 31.4 Å². The van der Waals surface area contributed by atoms with Crippen molar-refractivity contribution in [3.63, 3.8) is 0 Å². The standard InChI is InChI=1S/C15H15Br/c1-15(2)11-7-4-3-6-10(11)14-12(15)8-5-9-13(14)16/h3-6,8-9,11H,7H2,1-2H3. The van der Waals surface area contributed by atoms with E-state index in [9.17, 15) is 0 Å². The summed E-state index contributed by atoms with van der Waals surface area (Å²) in [6, 6.07) is 6.58. The van der Waals surface area contributed by atoms with Gasteiger partial charge >= 0.3 is 0 Å². The SMILES string of the molecule is CC1(C)c2cccc(Br)c2C2=CC=CCC21. The van der Waals surface area contributed by atoms with Gasteiger partial charge in [0.2, 0.25) is 0 Å². The summed E-state index contributed by atoms with van der Waals surface area (Å²) < 4.78 is 1.24. The van der Waals surface area contributed by atoms with Crippen molar-refractivity contribution in [3.05, 3.63) is 52.0 Å². The first kappa shape index (κ1) is 10.3. The van der Waals surface area contributed by atoms with Crippen molar-refractivity contribution in [3.8, 4) is 0 Å². The highest BCUT2D eigenvalue weighted by molar-refractivity contribution is 9.10. The molecule has 2 aliphatic rings. The molecule has 0 saturated carbocycles. The van der Waals surface area contributed by atoms with E-state index in [4.69, 9.17) is 0 Å². The predicted molar refractivity (Wildman–Crippen MR) is 72.4 cm³/mol. The van der Waals surface area contributed by atoms with Crippen LogP contribution in [0.15, 0.2) is 40.9 Å². The van der Waals surface area contributed by atoms with Crippen LogP contribution in [0.3, 0.4) is 0 Å². The zero-order valence-electron chi connectivity index (χ0n) is 9.63. The molecule has 0 aromatic heterocycles. The quantitative estimate of drug-likeness (QED) is 0.643. The molecule has 0 radical (unpaired) electrons. The van der Waals surface area contributed by atoms with Crippen molar-refractivity contribution in [1.29, 1.82) is 0 Å². The second-order valence-electron chi connectivity index (χ2n) is 5.22. The summed E-state index contributed by atoms with van der Waals surface area (Å²) in [5.74, 6) is 0.645. The number of rotatable bonds is 0. The maximum atomic E-state index is 3.70. The minimum Gasteiger partial charge on any atom is -0.0839 e. The van der Waals surface area contributed by atoms with Crippen molar-refractivity contribution in [2.45, 2.75) is 25.7 Å². The topological polar surface area (TPSA) is 0 Å². The van der Waals surface area contributed by atoms with Gasteiger partial charge in [-0.25, -0.2) is 0 Å². The van der Waals surface area contributed by atoms with E-state index in [1.807, 2.05) is 0 Å². The van der Waals surface area contributed by atoms with E-state index in [1.54, 1.807) is 0 Å². The first-order valence-electron chi connectivity index (χ1n) is 5.78. The van der Waals surface area contributed by atoms with Crippen molar-refractivity contribution >= 4 is 21.5 Å². The minimum absolute atomic E-state index is 0.260. The molecule has 3 rings (SSSR count). The Bertz CT molecular complexity index is 506. The molecule has 0 saturated heterocycles. The molecule has 2 aliphatic carbocycles. The number of benzene rings is 1. The zero-order valence-corrected chi connectivity index (χ0v) is 11.2. The summed E-state index contributed by atoms with van der Waals surface area (Å²) in [5.41, 5.74) is 4.69. The fourth-order valence-electron chi connectivity index (χ4n) is 3.11. The van der Waals surface area contributed by atoms with Gasteiger partial charge in [-0.3, -0.25) is 0 Å². The molecule has 1 unspecified atom stereocenters. The molecule has 0 fully saturated rings. The molecule has 1 aromatic rings. The van der Waals surface area contributed by atoms with Crippen LogP contribution in [-0.2, 0) is 5.41 Å². The Morgan fingerprint density at radius 3 is 2.94 bits per heavy atom. The van der Waals surface area contributed by atoms with Crippen LogP contribution in [0, 0.1) is 5.92 Å². The second kappa shape index (κ2) is 3.33. The smallest absolute Gasteiger partial charge is 0.0253 e. The first-order valence-corrected chi connectivity index (χ1v) is 6.58. The van der Waals surface area contributed by atoms with Crippen LogP contribution in [0.2, 0.25) is 0 Å². The van der Waals surface area contributed by atoms with E-state index >= 15 is 0 Å². The summed E-state index contributed by atoms with van der Waals surface area (Å²) in [7, 11) is 0. The van der Waals surface area contributed by atoms with Gasteiger partial charge in [0.25, 0.3) is 0 Å². The number of hydrogen-bond acceptors (Lipinski definition) is 0. The molecule has 0 N–H and O–H groups in total. The summed E-state index contributed by atoms with van der Waals surface area (Å²) in [6.45, 7) is 4.73. The molecule has 0 bridgehead atoms. The average Bonchev–Trinajstić information content (AvgIpc) is 2.51. The molecular formula is C15H15Br. The summed E-state index contributed by atoms with van der Waals surface area (Å²) >= 11 is 3.70. The van der Waals surface area contributed by atoms with E-state index in [1.165, 1.54) is 27.6 Å². The Morgan fingerprint density at radius 2 is 2.12 bits per heavy atom. The molecule has 1 atom stereocenters. The highest BCUT2D eigenvalue weighted by Crippen LogP contribution is 2.54. The molecule has 1 aromatic carbocycles. The molecule has 16 heavy (non-hydrogen) atoms. The molecule has 1 heteroatoms. The first-order chi connectivity index (χ1) is 7.62. The maximum Gasteiger partial charge on any atom is 0.0253 e. The molecule has 0 spiro atoms. The molecule has 82 valence electrons. The fraction of sp³-hybridized carbons (Fsp3) is 0.333. The summed E-state index contributed by atoms with van der Waals surface area (Å²) in [6.07, 6.45) is 7.93. The lowest BCUT2D eigenvalue weighted by Crippen LogP contribution is -2.23. The van der Waals surface area contributed by atoms with Gasteiger partial charge in [-0.1, -0.05) is 60.1 Å². The number of allylic oxidation sites excluding steroid dienone is 4. The summed E-state index contributed by atoms with van der Waals surface area (Å²) in [5, 5.41) is 0. The Kier molecular flexibility index (Phi) is 2.16. The van der Waals surface area contributed by atoms with Gasteiger partial charge in [-0.2, -0.15) is 0 Å². The van der Waals surface area contributed by atoms with Crippen LogP contribution in [0.4, 0.5) is 0 Å². The van der Waals surface area contributed by atoms with Gasteiger partial charge in [-0.15, -0.1) is 0 Å². The highest BCUT2D eigenvalue weighted by Gasteiger charge is 2.43. The number of hydrogen-bond donors (Lipinski definition) is 0. The van der Waals surface area contributed by atoms with Crippen LogP contribution in [0.5, 0.6) is 0 Å². The lowest BCUT2D eigenvalue weighted by Gasteiger charge is -2.29. The molecule has 0 heterocycles. The van der Waals surface area contributed by atoms with Crippen molar-refractivity contribution in [1.82, 2.24) is 0 Å². The molecule has 0 aliphatic heterocycles.